The molecule has 1 aromatic heterocycles. The summed E-state index contributed by atoms with van der Waals surface area (Å²) in [6.07, 6.45) is 3.35. The molecule has 0 aliphatic rings. The molecule has 0 fully saturated rings. The molecule has 0 bridgehead atoms. The predicted molar refractivity (Wildman–Crippen MR) is 72.7 cm³/mol. The summed E-state index contributed by atoms with van der Waals surface area (Å²) in [6.45, 7) is 2.04. The molecule has 2 rings (SSSR count). The van der Waals surface area contributed by atoms with Gasteiger partial charge >= 0.3 is 6.03 Å². The molecule has 0 aliphatic carbocycles. The Morgan fingerprint density at radius 2 is 2.00 bits per heavy atom. The third kappa shape index (κ3) is 3.77. The van der Waals surface area contributed by atoms with Crippen molar-refractivity contribution in [2.45, 2.75) is 13.3 Å². The Bertz CT molecular complexity index is 586. The molecule has 2 N–H and O–H groups in total. The van der Waals surface area contributed by atoms with E-state index >= 15 is 0 Å². The first-order valence-corrected chi connectivity index (χ1v) is 5.95. The quantitative estimate of drug-likeness (QED) is 0.887. The van der Waals surface area contributed by atoms with Gasteiger partial charge in [0.2, 0.25) is 0 Å². The first-order valence-electron chi connectivity index (χ1n) is 5.95. The highest BCUT2D eigenvalue weighted by atomic mass is 19.1. The van der Waals surface area contributed by atoms with Gasteiger partial charge in [-0.2, -0.15) is 0 Å². The van der Waals surface area contributed by atoms with Crippen LogP contribution in [0.5, 0.6) is 0 Å². The zero-order valence-electron chi connectivity index (χ0n) is 10.5. The number of amides is 2. The molecule has 0 saturated heterocycles. The summed E-state index contributed by atoms with van der Waals surface area (Å²) in [6, 6.07) is 8.32. The fraction of sp³-hybridized carbons (Fsp3) is 0.143. The smallest absolute Gasteiger partial charge is 0.308 e. The Hall–Kier alpha value is -2.43. The van der Waals surface area contributed by atoms with Gasteiger partial charge in [-0.3, -0.25) is 4.98 Å². The maximum Gasteiger partial charge on any atom is 0.323 e. The second-order valence-corrected chi connectivity index (χ2v) is 4.02. The van der Waals surface area contributed by atoms with Gasteiger partial charge in [0.05, 0.1) is 18.1 Å². The molecule has 19 heavy (non-hydrogen) atoms. The summed E-state index contributed by atoms with van der Waals surface area (Å²) in [4.78, 5) is 15.4. The van der Waals surface area contributed by atoms with Crippen molar-refractivity contribution < 1.29 is 9.18 Å². The zero-order chi connectivity index (χ0) is 13.7. The van der Waals surface area contributed by atoms with Gasteiger partial charge in [0.15, 0.2) is 0 Å². The summed E-state index contributed by atoms with van der Waals surface area (Å²) >= 11 is 0. The molecule has 2 aromatic rings. The van der Waals surface area contributed by atoms with Crippen molar-refractivity contribution in [2.75, 3.05) is 10.6 Å². The van der Waals surface area contributed by atoms with E-state index < -0.39 is 11.8 Å². The highest BCUT2D eigenvalue weighted by molar-refractivity contribution is 5.99. The topological polar surface area (TPSA) is 54.0 Å². The number of aromatic nitrogens is 1. The Kier molecular flexibility index (Phi) is 4.07. The van der Waals surface area contributed by atoms with Crippen molar-refractivity contribution in [2.24, 2.45) is 0 Å². The van der Waals surface area contributed by atoms with Gasteiger partial charge in [0.1, 0.15) is 5.82 Å². The van der Waals surface area contributed by atoms with Crippen LogP contribution >= 0.6 is 0 Å². The van der Waals surface area contributed by atoms with E-state index in [0.717, 1.165) is 18.2 Å². The second-order valence-electron chi connectivity index (χ2n) is 4.02. The normalized spacial score (nSPS) is 10.0. The average Bonchev–Trinajstić information content (AvgIpc) is 2.38. The van der Waals surface area contributed by atoms with Crippen LogP contribution in [-0.2, 0) is 6.42 Å². The monoisotopic (exact) mass is 259 g/mol. The van der Waals surface area contributed by atoms with Crippen molar-refractivity contribution in [1.82, 2.24) is 4.98 Å². The lowest BCUT2D eigenvalue weighted by atomic mass is 10.1. The molecule has 1 heterocycles. The Labute approximate surface area is 110 Å². The number of anilines is 2. The highest BCUT2D eigenvalue weighted by Crippen LogP contribution is 2.12. The lowest BCUT2D eigenvalue weighted by molar-refractivity contribution is 0.262. The Morgan fingerprint density at radius 1 is 1.21 bits per heavy atom. The molecule has 98 valence electrons. The molecular formula is C14H14FN3O. The summed E-state index contributed by atoms with van der Waals surface area (Å²) in [7, 11) is 0. The predicted octanol–water partition coefficient (Wildman–Crippen LogP) is 3.43. The van der Waals surface area contributed by atoms with Gasteiger partial charge in [-0.05, 0) is 24.1 Å². The molecular weight excluding hydrogens is 245 g/mol. The molecule has 0 unspecified atom stereocenters. The molecule has 0 radical (unpaired) electrons. The SMILES string of the molecule is CCc1cccc(NC(=O)Nc2cncc(F)c2)c1. The maximum absolute atomic E-state index is 12.9. The molecule has 0 atom stereocenters. The number of urea groups is 1. The van der Waals surface area contributed by atoms with E-state index in [4.69, 9.17) is 0 Å². The zero-order valence-corrected chi connectivity index (χ0v) is 10.5. The van der Waals surface area contributed by atoms with Crippen LogP contribution in [0.15, 0.2) is 42.7 Å². The third-order valence-electron chi connectivity index (χ3n) is 2.56. The molecule has 0 aliphatic heterocycles. The van der Waals surface area contributed by atoms with Crippen LogP contribution < -0.4 is 10.6 Å². The number of carbonyl (C=O) groups is 1. The fourth-order valence-corrected chi connectivity index (χ4v) is 1.64. The van der Waals surface area contributed by atoms with E-state index in [-0.39, 0.29) is 0 Å². The van der Waals surface area contributed by atoms with Crippen molar-refractivity contribution in [1.29, 1.82) is 0 Å². The molecule has 4 nitrogen and oxygen atoms in total. The van der Waals surface area contributed by atoms with E-state index in [1.54, 1.807) is 6.07 Å². The lowest BCUT2D eigenvalue weighted by Crippen LogP contribution is -2.19. The summed E-state index contributed by atoms with van der Waals surface area (Å²) in [5.41, 5.74) is 2.13. The fourth-order valence-electron chi connectivity index (χ4n) is 1.64. The Balaban J connectivity index is 2.01. The number of nitrogens with one attached hydrogen (secondary N) is 2. The molecule has 0 saturated carbocycles. The van der Waals surface area contributed by atoms with Gasteiger partial charge in [-0.25, -0.2) is 9.18 Å². The number of halogens is 1. The number of nitrogens with zero attached hydrogens (tertiary/aromatic N) is 1. The minimum atomic E-state index is -0.495. The largest absolute Gasteiger partial charge is 0.323 e. The van der Waals surface area contributed by atoms with Gasteiger partial charge in [0, 0.05) is 11.8 Å². The second kappa shape index (κ2) is 5.95. The summed E-state index contributed by atoms with van der Waals surface area (Å²) in [5.74, 6) is -0.495. The molecule has 0 spiro atoms. The van der Waals surface area contributed by atoms with E-state index in [0.29, 0.717) is 11.4 Å². The first kappa shape index (κ1) is 13.0. The van der Waals surface area contributed by atoms with Crippen molar-refractivity contribution in [3.63, 3.8) is 0 Å². The molecule has 2 amide bonds. The van der Waals surface area contributed by atoms with Crippen LogP contribution in [0.4, 0.5) is 20.6 Å². The molecule has 1 aromatic carbocycles. The number of pyridine rings is 1. The van der Waals surface area contributed by atoms with Crippen molar-refractivity contribution >= 4 is 17.4 Å². The maximum atomic E-state index is 12.9. The van der Waals surface area contributed by atoms with Crippen LogP contribution in [0.3, 0.4) is 0 Å². The van der Waals surface area contributed by atoms with Crippen LogP contribution in [0.1, 0.15) is 12.5 Å². The van der Waals surface area contributed by atoms with Crippen LogP contribution in [0.2, 0.25) is 0 Å². The van der Waals surface area contributed by atoms with E-state index in [2.05, 4.69) is 15.6 Å². The van der Waals surface area contributed by atoms with E-state index in [1.807, 2.05) is 25.1 Å². The van der Waals surface area contributed by atoms with Gasteiger partial charge in [0.25, 0.3) is 0 Å². The minimum Gasteiger partial charge on any atom is -0.308 e. The van der Waals surface area contributed by atoms with Gasteiger partial charge in [-0.1, -0.05) is 19.1 Å². The minimum absolute atomic E-state index is 0.309. The van der Waals surface area contributed by atoms with Crippen molar-refractivity contribution in [3.05, 3.63) is 54.1 Å². The number of carbonyl (C=O) groups excluding carboxylic acids is 1. The number of benzene rings is 1. The molecule has 5 heteroatoms. The summed E-state index contributed by atoms with van der Waals surface area (Å²) in [5, 5.41) is 5.20. The summed E-state index contributed by atoms with van der Waals surface area (Å²) < 4.78 is 12.9. The highest BCUT2D eigenvalue weighted by Gasteiger charge is 2.04. The van der Waals surface area contributed by atoms with Crippen LogP contribution in [-0.4, -0.2) is 11.0 Å². The van der Waals surface area contributed by atoms with E-state index in [1.165, 1.54) is 12.3 Å². The van der Waals surface area contributed by atoms with Crippen LogP contribution in [0.25, 0.3) is 0 Å². The lowest BCUT2D eigenvalue weighted by Gasteiger charge is -2.08. The van der Waals surface area contributed by atoms with Crippen LogP contribution in [0, 0.1) is 5.82 Å². The standard InChI is InChI=1S/C14H14FN3O/c1-2-10-4-3-5-12(6-10)17-14(19)18-13-7-11(15)8-16-9-13/h3-9H,2H2,1H3,(H2,17,18,19). The number of aryl methyl sites for hydroxylation is 1. The van der Waals surface area contributed by atoms with Gasteiger partial charge < -0.3 is 10.6 Å². The number of hydrogen-bond donors (Lipinski definition) is 2. The van der Waals surface area contributed by atoms with Gasteiger partial charge in [-0.15, -0.1) is 0 Å². The van der Waals surface area contributed by atoms with Crippen molar-refractivity contribution in [3.8, 4) is 0 Å². The average molecular weight is 259 g/mol. The van der Waals surface area contributed by atoms with E-state index in [9.17, 15) is 9.18 Å². The first-order chi connectivity index (χ1) is 9.17. The third-order valence-corrected chi connectivity index (χ3v) is 2.56. The Morgan fingerprint density at radius 3 is 2.74 bits per heavy atom. The number of hydrogen-bond acceptors (Lipinski definition) is 2. The number of rotatable bonds is 3.